The second-order valence-corrected chi connectivity index (χ2v) is 7.59. The molecule has 0 bridgehead atoms. The molecule has 2 heterocycles. The number of hydrogen-bond donors (Lipinski definition) is 1. The molecule has 1 N–H and O–H groups in total. The van der Waals surface area contributed by atoms with E-state index in [1.54, 1.807) is 24.5 Å². The number of benzene rings is 1. The third kappa shape index (κ3) is 4.08. The predicted octanol–water partition coefficient (Wildman–Crippen LogP) is 1.61. The first-order valence-electron chi connectivity index (χ1n) is 7.99. The molecule has 1 aromatic carbocycles. The Morgan fingerprint density at radius 3 is 2.20 bits per heavy atom. The van der Waals surface area contributed by atoms with Crippen LogP contribution in [-0.2, 0) is 10.0 Å². The van der Waals surface area contributed by atoms with Gasteiger partial charge >= 0.3 is 6.03 Å². The minimum Gasteiger partial charge on any atom is -0.368 e. The van der Waals surface area contributed by atoms with E-state index in [0.29, 0.717) is 26.2 Å². The summed E-state index contributed by atoms with van der Waals surface area (Å²) in [6.45, 7) is 4.07. The molecule has 1 aliphatic heterocycles. The molecule has 1 aliphatic rings. The first-order valence-corrected chi connectivity index (χ1v) is 9.47. The molecule has 0 aliphatic carbocycles. The van der Waals surface area contributed by atoms with Gasteiger partial charge in [-0.05, 0) is 31.2 Å². The van der Waals surface area contributed by atoms with Gasteiger partial charge in [-0.25, -0.2) is 17.9 Å². The number of urea groups is 1. The first kappa shape index (κ1) is 17.2. The van der Waals surface area contributed by atoms with Crippen molar-refractivity contribution in [3.05, 3.63) is 54.4 Å². The Balaban J connectivity index is 1.60. The van der Waals surface area contributed by atoms with Gasteiger partial charge in [-0.2, -0.15) is 0 Å². The SMILES string of the molecule is Cc1ccc(S(=O)(=O)NC(=O)N2CCN(c3ccncc3)CC2)cc1. The van der Waals surface area contributed by atoms with Gasteiger partial charge in [-0.15, -0.1) is 0 Å². The van der Waals surface area contributed by atoms with Crippen LogP contribution in [0.2, 0.25) is 0 Å². The van der Waals surface area contributed by atoms with Crippen LogP contribution in [-0.4, -0.2) is 50.5 Å². The third-order valence-electron chi connectivity index (χ3n) is 4.15. The molecule has 25 heavy (non-hydrogen) atoms. The normalized spacial score (nSPS) is 15.1. The van der Waals surface area contributed by atoms with Crippen LogP contribution in [0.15, 0.2) is 53.7 Å². The van der Waals surface area contributed by atoms with Crippen molar-refractivity contribution in [3.63, 3.8) is 0 Å². The van der Waals surface area contributed by atoms with Gasteiger partial charge in [0.2, 0.25) is 0 Å². The fourth-order valence-corrected chi connectivity index (χ4v) is 3.65. The lowest BCUT2D eigenvalue weighted by molar-refractivity contribution is 0.200. The summed E-state index contributed by atoms with van der Waals surface area (Å²) < 4.78 is 26.8. The fourth-order valence-electron chi connectivity index (χ4n) is 2.68. The van der Waals surface area contributed by atoms with Crippen LogP contribution in [0.1, 0.15) is 5.56 Å². The molecule has 3 rings (SSSR count). The zero-order valence-electron chi connectivity index (χ0n) is 13.9. The highest BCUT2D eigenvalue weighted by Gasteiger charge is 2.25. The van der Waals surface area contributed by atoms with E-state index in [-0.39, 0.29) is 4.90 Å². The maximum Gasteiger partial charge on any atom is 0.331 e. The molecule has 1 aromatic heterocycles. The highest BCUT2D eigenvalue weighted by molar-refractivity contribution is 7.90. The molecule has 0 atom stereocenters. The maximum atomic E-state index is 12.3. The molecular weight excluding hydrogens is 340 g/mol. The molecule has 0 unspecified atom stereocenters. The monoisotopic (exact) mass is 360 g/mol. The largest absolute Gasteiger partial charge is 0.368 e. The zero-order valence-corrected chi connectivity index (χ0v) is 14.7. The van der Waals surface area contributed by atoms with Crippen LogP contribution >= 0.6 is 0 Å². The van der Waals surface area contributed by atoms with Crippen LogP contribution in [0.3, 0.4) is 0 Å². The zero-order chi connectivity index (χ0) is 17.9. The summed E-state index contributed by atoms with van der Waals surface area (Å²) in [5.74, 6) is 0. The summed E-state index contributed by atoms with van der Waals surface area (Å²) in [4.78, 5) is 20.0. The Morgan fingerprint density at radius 2 is 1.60 bits per heavy atom. The molecular formula is C17H20N4O3S. The molecule has 1 saturated heterocycles. The van der Waals surface area contributed by atoms with Gasteiger partial charge < -0.3 is 9.80 Å². The quantitative estimate of drug-likeness (QED) is 0.899. The Bertz CT molecular complexity index is 830. The highest BCUT2D eigenvalue weighted by atomic mass is 32.2. The van der Waals surface area contributed by atoms with E-state index in [9.17, 15) is 13.2 Å². The predicted molar refractivity (Wildman–Crippen MR) is 94.9 cm³/mol. The van der Waals surface area contributed by atoms with Gasteiger partial charge in [0.05, 0.1) is 4.90 Å². The summed E-state index contributed by atoms with van der Waals surface area (Å²) in [7, 11) is -3.85. The molecule has 2 aromatic rings. The van der Waals surface area contributed by atoms with Crippen molar-refractivity contribution >= 4 is 21.7 Å². The Morgan fingerprint density at radius 1 is 1.00 bits per heavy atom. The van der Waals surface area contributed by atoms with E-state index in [1.807, 2.05) is 19.1 Å². The van der Waals surface area contributed by atoms with Crippen LogP contribution in [0.4, 0.5) is 10.5 Å². The number of sulfonamides is 1. The van der Waals surface area contributed by atoms with Crippen molar-refractivity contribution < 1.29 is 13.2 Å². The minimum atomic E-state index is -3.85. The Hall–Kier alpha value is -2.61. The Kier molecular flexibility index (Phi) is 4.89. The van der Waals surface area contributed by atoms with Gasteiger partial charge in [0, 0.05) is 44.3 Å². The number of amides is 2. The molecule has 0 radical (unpaired) electrons. The lowest BCUT2D eigenvalue weighted by Gasteiger charge is -2.35. The number of carbonyl (C=O) groups is 1. The number of hydrogen-bond acceptors (Lipinski definition) is 5. The van der Waals surface area contributed by atoms with Crippen molar-refractivity contribution in [1.29, 1.82) is 0 Å². The standard InChI is InChI=1S/C17H20N4O3S/c1-14-2-4-16(5-3-14)25(23,24)19-17(22)21-12-10-20(11-13-21)15-6-8-18-9-7-15/h2-9H,10-13H2,1H3,(H,19,22). The lowest BCUT2D eigenvalue weighted by atomic mass is 10.2. The summed E-state index contributed by atoms with van der Waals surface area (Å²) in [5.41, 5.74) is 2.00. The van der Waals surface area contributed by atoms with E-state index >= 15 is 0 Å². The van der Waals surface area contributed by atoms with Gasteiger partial charge in [0.1, 0.15) is 0 Å². The van der Waals surface area contributed by atoms with Crippen molar-refractivity contribution in [2.24, 2.45) is 0 Å². The van der Waals surface area contributed by atoms with E-state index in [0.717, 1.165) is 11.3 Å². The molecule has 1 fully saturated rings. The Labute approximate surface area is 147 Å². The number of rotatable bonds is 3. The van der Waals surface area contributed by atoms with E-state index in [4.69, 9.17) is 0 Å². The van der Waals surface area contributed by atoms with Gasteiger partial charge in [-0.3, -0.25) is 4.98 Å². The molecule has 0 spiro atoms. The number of carbonyl (C=O) groups excluding carboxylic acids is 1. The maximum absolute atomic E-state index is 12.3. The molecule has 8 heteroatoms. The molecule has 132 valence electrons. The molecule has 7 nitrogen and oxygen atoms in total. The average Bonchev–Trinajstić information content (AvgIpc) is 2.62. The van der Waals surface area contributed by atoms with E-state index < -0.39 is 16.1 Å². The number of aryl methyl sites for hydroxylation is 1. The van der Waals surface area contributed by atoms with Crippen molar-refractivity contribution in [2.45, 2.75) is 11.8 Å². The minimum absolute atomic E-state index is 0.0851. The molecule has 0 saturated carbocycles. The second-order valence-electron chi connectivity index (χ2n) is 5.90. The smallest absolute Gasteiger partial charge is 0.331 e. The van der Waals surface area contributed by atoms with Crippen LogP contribution in [0.25, 0.3) is 0 Å². The van der Waals surface area contributed by atoms with Crippen LogP contribution in [0.5, 0.6) is 0 Å². The average molecular weight is 360 g/mol. The van der Waals surface area contributed by atoms with Crippen LogP contribution in [0, 0.1) is 6.92 Å². The van der Waals surface area contributed by atoms with E-state index in [1.165, 1.54) is 17.0 Å². The fraction of sp³-hybridized carbons (Fsp3) is 0.294. The highest BCUT2D eigenvalue weighted by Crippen LogP contribution is 2.15. The number of anilines is 1. The number of nitrogens with zero attached hydrogens (tertiary/aromatic N) is 3. The van der Waals surface area contributed by atoms with Crippen molar-refractivity contribution in [1.82, 2.24) is 14.6 Å². The summed E-state index contributed by atoms with van der Waals surface area (Å²) in [6, 6.07) is 9.63. The number of aromatic nitrogens is 1. The summed E-state index contributed by atoms with van der Waals surface area (Å²) >= 11 is 0. The van der Waals surface area contributed by atoms with Crippen LogP contribution < -0.4 is 9.62 Å². The van der Waals surface area contributed by atoms with Gasteiger partial charge in [0.25, 0.3) is 10.0 Å². The topological polar surface area (TPSA) is 82.6 Å². The van der Waals surface area contributed by atoms with Gasteiger partial charge in [-0.1, -0.05) is 17.7 Å². The summed E-state index contributed by atoms with van der Waals surface area (Å²) in [5, 5.41) is 0. The van der Waals surface area contributed by atoms with Crippen molar-refractivity contribution in [2.75, 3.05) is 31.1 Å². The third-order valence-corrected chi connectivity index (χ3v) is 5.48. The summed E-state index contributed by atoms with van der Waals surface area (Å²) in [6.07, 6.45) is 3.45. The molecule has 2 amide bonds. The lowest BCUT2D eigenvalue weighted by Crippen LogP contribution is -2.52. The number of pyridine rings is 1. The number of piperazine rings is 1. The number of nitrogens with one attached hydrogen (secondary N) is 1. The van der Waals surface area contributed by atoms with E-state index in [2.05, 4.69) is 14.6 Å². The van der Waals surface area contributed by atoms with Gasteiger partial charge in [0.15, 0.2) is 0 Å². The van der Waals surface area contributed by atoms with Crippen molar-refractivity contribution in [3.8, 4) is 0 Å². The first-order chi connectivity index (χ1) is 12.0. The second kappa shape index (κ2) is 7.10.